The summed E-state index contributed by atoms with van der Waals surface area (Å²) in [5.41, 5.74) is 1.39. The minimum atomic E-state index is 0.512. The first-order valence-electron chi connectivity index (χ1n) is 8.06. The van der Waals surface area contributed by atoms with E-state index in [1.54, 1.807) is 0 Å². The fraction of sp³-hybridized carbons (Fsp3) is 0.812. The quantitative estimate of drug-likeness (QED) is 0.735. The normalized spacial score (nSPS) is 23.1. The number of imidazole rings is 1. The van der Waals surface area contributed by atoms with Gasteiger partial charge in [0, 0.05) is 24.8 Å². The second-order valence-electron chi connectivity index (χ2n) is 5.97. The van der Waals surface area contributed by atoms with Crippen molar-refractivity contribution in [2.75, 3.05) is 12.0 Å². The zero-order valence-corrected chi connectivity index (χ0v) is 13.8. The van der Waals surface area contributed by atoms with E-state index in [0.717, 1.165) is 6.54 Å². The number of unbranched alkanes of at least 4 members (excludes halogenated alkanes) is 3. The smallest absolute Gasteiger partial charge is 0.0948 e. The Labute approximate surface area is 127 Å². The van der Waals surface area contributed by atoms with Crippen molar-refractivity contribution in [1.82, 2.24) is 14.9 Å². The van der Waals surface area contributed by atoms with Gasteiger partial charge in [-0.15, -0.1) is 0 Å². The van der Waals surface area contributed by atoms with Crippen molar-refractivity contribution in [2.24, 2.45) is 0 Å². The van der Waals surface area contributed by atoms with Gasteiger partial charge in [0.2, 0.25) is 0 Å². The van der Waals surface area contributed by atoms with Crippen LogP contribution in [0.1, 0.15) is 63.6 Å². The Morgan fingerprint density at radius 2 is 2.15 bits per heavy atom. The van der Waals surface area contributed by atoms with Gasteiger partial charge in [-0.1, -0.05) is 12.8 Å². The van der Waals surface area contributed by atoms with Crippen LogP contribution in [0.15, 0.2) is 12.5 Å². The van der Waals surface area contributed by atoms with Crippen molar-refractivity contribution < 1.29 is 0 Å². The Morgan fingerprint density at radius 1 is 1.30 bits per heavy atom. The highest BCUT2D eigenvalue weighted by atomic mass is 32.2. The van der Waals surface area contributed by atoms with Crippen LogP contribution >= 0.6 is 11.8 Å². The molecule has 2 heterocycles. The molecule has 2 unspecified atom stereocenters. The molecule has 0 spiro atoms. The number of aryl methyl sites for hydroxylation is 1. The van der Waals surface area contributed by atoms with Crippen LogP contribution in [0.25, 0.3) is 0 Å². The van der Waals surface area contributed by atoms with E-state index in [2.05, 4.69) is 34.2 Å². The number of hydrogen-bond donors (Lipinski definition) is 1. The van der Waals surface area contributed by atoms with Crippen LogP contribution < -0.4 is 5.32 Å². The Kier molecular flexibility index (Phi) is 6.94. The molecule has 0 aliphatic carbocycles. The maximum atomic E-state index is 4.37. The van der Waals surface area contributed by atoms with E-state index >= 15 is 0 Å². The number of hydrogen-bond acceptors (Lipinski definition) is 3. The molecule has 4 heteroatoms. The second kappa shape index (κ2) is 8.73. The van der Waals surface area contributed by atoms with Crippen LogP contribution in [0.2, 0.25) is 0 Å². The number of nitrogens with zero attached hydrogens (tertiary/aromatic N) is 2. The molecule has 1 aliphatic rings. The molecule has 114 valence electrons. The molecule has 1 N–H and O–H groups in total. The molecule has 0 amide bonds. The third-order valence-corrected chi connectivity index (χ3v) is 4.91. The number of nitrogens with one attached hydrogen (secondary N) is 1. The van der Waals surface area contributed by atoms with Gasteiger partial charge in [-0.05, 0) is 51.0 Å². The van der Waals surface area contributed by atoms with Gasteiger partial charge in [0.15, 0.2) is 0 Å². The van der Waals surface area contributed by atoms with E-state index in [1.807, 2.05) is 18.1 Å². The van der Waals surface area contributed by atoms with E-state index in [1.165, 1.54) is 56.4 Å². The SMILES string of the molecule is CSCCCCCCn1cncc1C1CCCC(C)N1. The van der Waals surface area contributed by atoms with Gasteiger partial charge in [0.1, 0.15) is 0 Å². The molecule has 0 aromatic carbocycles. The lowest BCUT2D eigenvalue weighted by molar-refractivity contribution is 0.328. The summed E-state index contributed by atoms with van der Waals surface area (Å²) in [5.74, 6) is 1.31. The Balaban J connectivity index is 1.76. The highest BCUT2D eigenvalue weighted by Gasteiger charge is 2.21. The molecule has 2 rings (SSSR count). The summed E-state index contributed by atoms with van der Waals surface area (Å²) in [7, 11) is 0. The summed E-state index contributed by atoms with van der Waals surface area (Å²) in [6.45, 7) is 3.42. The molecule has 1 aliphatic heterocycles. The minimum Gasteiger partial charge on any atom is -0.333 e. The van der Waals surface area contributed by atoms with E-state index in [-0.39, 0.29) is 0 Å². The topological polar surface area (TPSA) is 29.9 Å². The van der Waals surface area contributed by atoms with Crippen LogP contribution in [0.3, 0.4) is 0 Å². The van der Waals surface area contributed by atoms with Crippen LogP contribution in [0, 0.1) is 0 Å². The average Bonchev–Trinajstić information content (AvgIpc) is 2.91. The third-order valence-electron chi connectivity index (χ3n) is 4.21. The van der Waals surface area contributed by atoms with Crippen molar-refractivity contribution in [3.8, 4) is 0 Å². The number of rotatable bonds is 8. The summed E-state index contributed by atoms with van der Waals surface area (Å²) >= 11 is 1.96. The van der Waals surface area contributed by atoms with Gasteiger partial charge in [0.25, 0.3) is 0 Å². The van der Waals surface area contributed by atoms with Gasteiger partial charge in [-0.25, -0.2) is 4.98 Å². The number of piperidine rings is 1. The fourth-order valence-corrected chi connectivity index (χ4v) is 3.55. The van der Waals surface area contributed by atoms with Crippen molar-refractivity contribution in [1.29, 1.82) is 0 Å². The third kappa shape index (κ3) is 4.81. The largest absolute Gasteiger partial charge is 0.333 e. The highest BCUT2D eigenvalue weighted by molar-refractivity contribution is 7.98. The Bertz CT molecular complexity index is 378. The summed E-state index contributed by atoms with van der Waals surface area (Å²) in [6.07, 6.45) is 15.5. The van der Waals surface area contributed by atoms with Crippen LogP contribution in [-0.2, 0) is 6.54 Å². The molecule has 3 nitrogen and oxygen atoms in total. The first-order valence-corrected chi connectivity index (χ1v) is 9.45. The Hall–Kier alpha value is -0.480. The monoisotopic (exact) mass is 295 g/mol. The van der Waals surface area contributed by atoms with Crippen molar-refractivity contribution in [3.05, 3.63) is 18.2 Å². The van der Waals surface area contributed by atoms with Crippen LogP contribution in [0.5, 0.6) is 0 Å². The van der Waals surface area contributed by atoms with Crippen molar-refractivity contribution in [2.45, 2.75) is 70.5 Å². The molecule has 2 atom stereocenters. The zero-order valence-electron chi connectivity index (χ0n) is 13.0. The lowest BCUT2D eigenvalue weighted by atomic mass is 9.97. The maximum absolute atomic E-state index is 4.37. The average molecular weight is 295 g/mol. The highest BCUT2D eigenvalue weighted by Crippen LogP contribution is 2.25. The van der Waals surface area contributed by atoms with Crippen molar-refractivity contribution >= 4 is 11.8 Å². The summed E-state index contributed by atoms with van der Waals surface area (Å²) < 4.78 is 2.37. The molecular weight excluding hydrogens is 266 g/mol. The van der Waals surface area contributed by atoms with Gasteiger partial charge >= 0.3 is 0 Å². The van der Waals surface area contributed by atoms with Gasteiger partial charge in [-0.2, -0.15) is 11.8 Å². The first-order chi connectivity index (χ1) is 9.81. The molecule has 1 aromatic heterocycles. The summed E-state index contributed by atoms with van der Waals surface area (Å²) in [4.78, 5) is 4.37. The molecule has 0 saturated carbocycles. The minimum absolute atomic E-state index is 0.512. The van der Waals surface area contributed by atoms with Crippen LogP contribution in [0.4, 0.5) is 0 Å². The Morgan fingerprint density at radius 3 is 2.95 bits per heavy atom. The predicted octanol–water partition coefficient (Wildman–Crippen LogP) is 4.01. The predicted molar refractivity (Wildman–Crippen MR) is 88.3 cm³/mol. The van der Waals surface area contributed by atoms with E-state index in [4.69, 9.17) is 0 Å². The standard InChI is InChI=1S/C16H29N3S/c1-14-8-7-9-15(18-14)16-12-17-13-19(16)10-5-3-4-6-11-20-2/h12-15,18H,3-11H2,1-2H3. The summed E-state index contributed by atoms with van der Waals surface area (Å²) in [6, 6.07) is 1.15. The molecule has 20 heavy (non-hydrogen) atoms. The summed E-state index contributed by atoms with van der Waals surface area (Å²) in [5, 5.41) is 3.71. The second-order valence-corrected chi connectivity index (χ2v) is 6.96. The molecule has 1 aromatic rings. The zero-order chi connectivity index (χ0) is 14.2. The number of thioether (sulfide) groups is 1. The van der Waals surface area contributed by atoms with Gasteiger partial charge in [0.05, 0.1) is 12.0 Å². The van der Waals surface area contributed by atoms with E-state index < -0.39 is 0 Å². The van der Waals surface area contributed by atoms with Gasteiger partial charge in [-0.3, -0.25) is 0 Å². The molecule has 0 bridgehead atoms. The molecular formula is C16H29N3S. The van der Waals surface area contributed by atoms with Crippen molar-refractivity contribution in [3.63, 3.8) is 0 Å². The lowest BCUT2D eigenvalue weighted by Gasteiger charge is -2.29. The van der Waals surface area contributed by atoms with Crippen LogP contribution in [-0.4, -0.2) is 27.6 Å². The number of aromatic nitrogens is 2. The van der Waals surface area contributed by atoms with E-state index in [9.17, 15) is 0 Å². The van der Waals surface area contributed by atoms with Gasteiger partial charge < -0.3 is 9.88 Å². The maximum Gasteiger partial charge on any atom is 0.0948 e. The first kappa shape index (κ1) is 15.9. The lowest BCUT2D eigenvalue weighted by Crippen LogP contribution is -2.35. The van der Waals surface area contributed by atoms with E-state index in [0.29, 0.717) is 12.1 Å². The fourth-order valence-electron chi connectivity index (χ4n) is 3.06. The molecule has 1 saturated heterocycles. The molecule has 1 fully saturated rings. The molecule has 0 radical (unpaired) electrons.